The van der Waals surface area contributed by atoms with E-state index in [1.807, 2.05) is 20.8 Å². The lowest BCUT2D eigenvalue weighted by Gasteiger charge is -2.21. The second-order valence-corrected chi connectivity index (χ2v) is 7.32. The van der Waals surface area contributed by atoms with E-state index in [0.29, 0.717) is 6.54 Å². The lowest BCUT2D eigenvalue weighted by atomic mass is 10.1. The van der Waals surface area contributed by atoms with E-state index in [9.17, 15) is 19.3 Å². The molecule has 0 unspecified atom stereocenters. The van der Waals surface area contributed by atoms with Crippen molar-refractivity contribution >= 4 is 17.5 Å². The molecule has 0 aliphatic heterocycles. The number of carbonyl (C=O) groups excluding carboxylic acids is 1. The molecule has 2 atom stereocenters. The maximum absolute atomic E-state index is 13.9. The Balaban J connectivity index is 1.80. The largest absolute Gasteiger partial charge is 0.444 e. The number of benzene rings is 1. The van der Waals surface area contributed by atoms with Crippen LogP contribution in [0.25, 0.3) is 0 Å². The molecule has 0 saturated heterocycles. The number of nitrogens with one attached hydrogen (secondary N) is 2. The molecule has 1 aromatic rings. The van der Waals surface area contributed by atoms with Crippen molar-refractivity contribution in [3.8, 4) is 0 Å². The van der Waals surface area contributed by atoms with E-state index >= 15 is 0 Å². The van der Waals surface area contributed by atoms with Crippen molar-refractivity contribution in [2.75, 3.05) is 11.9 Å². The molecule has 2 N–H and O–H groups in total. The third-order valence-electron chi connectivity index (χ3n) is 4.01. The Bertz CT molecular complexity index is 645. The highest BCUT2D eigenvalue weighted by Gasteiger charge is 2.27. The smallest absolute Gasteiger partial charge is 0.407 e. The number of carbonyl (C=O) groups is 1. The van der Waals surface area contributed by atoms with Crippen molar-refractivity contribution in [1.29, 1.82) is 0 Å². The second-order valence-electron chi connectivity index (χ2n) is 7.32. The van der Waals surface area contributed by atoms with Crippen LogP contribution in [0, 0.1) is 21.8 Å². The Morgan fingerprint density at radius 1 is 1.40 bits per heavy atom. The van der Waals surface area contributed by atoms with Crippen LogP contribution in [0.15, 0.2) is 18.2 Å². The van der Waals surface area contributed by atoms with Gasteiger partial charge in [-0.2, -0.15) is 0 Å². The number of hydrogen-bond acceptors (Lipinski definition) is 5. The molecule has 0 spiro atoms. The number of rotatable bonds is 5. The molecule has 2 rings (SSSR count). The van der Waals surface area contributed by atoms with Gasteiger partial charge in [-0.3, -0.25) is 10.1 Å². The molecule has 7 nitrogen and oxygen atoms in total. The second kappa shape index (κ2) is 7.67. The van der Waals surface area contributed by atoms with E-state index in [0.717, 1.165) is 25.3 Å². The van der Waals surface area contributed by atoms with Crippen LogP contribution in [0.5, 0.6) is 0 Å². The summed E-state index contributed by atoms with van der Waals surface area (Å²) in [6.07, 6.45) is 2.10. The van der Waals surface area contributed by atoms with E-state index < -0.39 is 22.4 Å². The van der Waals surface area contributed by atoms with Crippen molar-refractivity contribution in [2.45, 2.75) is 51.7 Å². The van der Waals surface area contributed by atoms with Gasteiger partial charge in [-0.15, -0.1) is 0 Å². The van der Waals surface area contributed by atoms with Gasteiger partial charge in [-0.25, -0.2) is 9.18 Å². The lowest BCUT2D eigenvalue weighted by molar-refractivity contribution is -0.385. The quantitative estimate of drug-likeness (QED) is 0.620. The zero-order chi connectivity index (χ0) is 18.6. The topological polar surface area (TPSA) is 93.5 Å². The molecular formula is C17H24FN3O4. The molecule has 8 heteroatoms. The number of ether oxygens (including phenoxy) is 1. The minimum absolute atomic E-state index is 0.0448. The molecule has 25 heavy (non-hydrogen) atoms. The van der Waals surface area contributed by atoms with E-state index in [-0.39, 0.29) is 23.3 Å². The fourth-order valence-corrected chi connectivity index (χ4v) is 2.88. The standard InChI is InChI=1S/C17H24FN3O4/c1-17(2,3)25-16(22)20-12-5-4-11(8-12)10-19-15-7-6-13(21(23)24)9-14(15)18/h6-7,9,11-12,19H,4-5,8,10H2,1-3H3,(H,20,22)/t11-,12+/m1/s1. The van der Waals surface area contributed by atoms with E-state index in [1.165, 1.54) is 12.1 Å². The summed E-state index contributed by atoms with van der Waals surface area (Å²) in [5.41, 5.74) is -0.559. The van der Waals surface area contributed by atoms with Crippen molar-refractivity contribution in [3.05, 3.63) is 34.1 Å². The molecule has 1 amide bonds. The Morgan fingerprint density at radius 2 is 2.12 bits per heavy atom. The normalized spacial score (nSPS) is 20.2. The summed E-state index contributed by atoms with van der Waals surface area (Å²) in [7, 11) is 0. The molecule has 0 aromatic heterocycles. The SMILES string of the molecule is CC(C)(C)OC(=O)N[C@H]1CC[C@@H](CNc2ccc([N+](=O)[O-])cc2F)C1. The average molecular weight is 353 g/mol. The van der Waals surface area contributed by atoms with Gasteiger partial charge in [0.25, 0.3) is 5.69 Å². The molecule has 1 aromatic carbocycles. The molecule has 138 valence electrons. The van der Waals surface area contributed by atoms with E-state index in [4.69, 9.17) is 4.74 Å². The zero-order valence-corrected chi connectivity index (χ0v) is 14.7. The lowest BCUT2D eigenvalue weighted by Crippen LogP contribution is -2.38. The van der Waals surface area contributed by atoms with Crippen molar-refractivity contribution in [3.63, 3.8) is 0 Å². The Labute approximate surface area is 146 Å². The van der Waals surface area contributed by atoms with Crippen LogP contribution in [-0.2, 0) is 4.74 Å². The number of nitro groups is 1. The number of hydrogen-bond donors (Lipinski definition) is 2. The summed E-state index contributed by atoms with van der Waals surface area (Å²) in [5.74, 6) is -0.356. The molecule has 1 aliphatic carbocycles. The van der Waals surface area contributed by atoms with Gasteiger partial charge in [-0.05, 0) is 52.0 Å². The Hall–Kier alpha value is -2.38. The number of nitro benzene ring substituents is 1. The van der Waals surface area contributed by atoms with Crippen LogP contribution in [-0.4, -0.2) is 29.2 Å². The fourth-order valence-electron chi connectivity index (χ4n) is 2.88. The van der Waals surface area contributed by atoms with Gasteiger partial charge in [0.05, 0.1) is 16.7 Å². The summed E-state index contributed by atoms with van der Waals surface area (Å²) in [6, 6.07) is 3.60. The molecule has 0 bridgehead atoms. The first-order valence-electron chi connectivity index (χ1n) is 8.31. The van der Waals surface area contributed by atoms with Crippen LogP contribution in [0.3, 0.4) is 0 Å². The molecule has 1 aliphatic rings. The monoisotopic (exact) mass is 353 g/mol. The van der Waals surface area contributed by atoms with Gasteiger partial charge in [-0.1, -0.05) is 0 Å². The van der Waals surface area contributed by atoms with Crippen LogP contribution in [0.4, 0.5) is 20.6 Å². The summed E-state index contributed by atoms with van der Waals surface area (Å²) in [5, 5.41) is 16.5. The number of amides is 1. The van der Waals surface area contributed by atoms with Crippen LogP contribution in [0.2, 0.25) is 0 Å². The fraction of sp³-hybridized carbons (Fsp3) is 0.588. The minimum Gasteiger partial charge on any atom is -0.444 e. The van der Waals surface area contributed by atoms with Gasteiger partial charge in [0.1, 0.15) is 5.60 Å². The van der Waals surface area contributed by atoms with Crippen LogP contribution >= 0.6 is 0 Å². The molecule has 0 heterocycles. The first-order valence-corrected chi connectivity index (χ1v) is 8.31. The maximum atomic E-state index is 13.9. The average Bonchev–Trinajstić information content (AvgIpc) is 2.91. The van der Waals surface area contributed by atoms with Gasteiger partial charge in [0.2, 0.25) is 0 Å². The molecule has 1 fully saturated rings. The molecular weight excluding hydrogens is 329 g/mol. The first-order chi connectivity index (χ1) is 11.6. The summed E-state index contributed by atoms with van der Waals surface area (Å²) in [4.78, 5) is 21.8. The van der Waals surface area contributed by atoms with Crippen molar-refractivity contribution < 1.29 is 18.8 Å². The van der Waals surface area contributed by atoms with Crippen molar-refractivity contribution in [2.24, 2.45) is 5.92 Å². The first kappa shape index (κ1) is 19.0. The predicted molar refractivity (Wildman–Crippen MR) is 92.0 cm³/mol. The Kier molecular flexibility index (Phi) is 5.81. The zero-order valence-electron chi connectivity index (χ0n) is 14.7. The molecule has 0 radical (unpaired) electrons. The van der Waals surface area contributed by atoms with Gasteiger partial charge in [0.15, 0.2) is 5.82 Å². The van der Waals surface area contributed by atoms with Gasteiger partial charge >= 0.3 is 6.09 Å². The predicted octanol–water partition coefficient (Wildman–Crippen LogP) is 3.84. The van der Waals surface area contributed by atoms with E-state index in [2.05, 4.69) is 10.6 Å². The third kappa shape index (κ3) is 5.88. The summed E-state index contributed by atoms with van der Waals surface area (Å²) >= 11 is 0. The van der Waals surface area contributed by atoms with Crippen LogP contribution < -0.4 is 10.6 Å². The van der Waals surface area contributed by atoms with E-state index in [1.54, 1.807) is 0 Å². The summed E-state index contributed by atoms with van der Waals surface area (Å²) in [6.45, 7) is 5.98. The number of non-ortho nitro benzene ring substituents is 1. The Morgan fingerprint density at radius 3 is 2.72 bits per heavy atom. The molecule has 1 saturated carbocycles. The highest BCUT2D eigenvalue weighted by atomic mass is 19.1. The summed E-state index contributed by atoms with van der Waals surface area (Å²) < 4.78 is 19.1. The minimum atomic E-state index is -0.643. The number of halogens is 1. The van der Waals surface area contributed by atoms with Gasteiger partial charge < -0.3 is 15.4 Å². The maximum Gasteiger partial charge on any atom is 0.407 e. The highest BCUT2D eigenvalue weighted by molar-refractivity contribution is 5.68. The number of alkyl carbamates (subject to hydrolysis) is 1. The highest BCUT2D eigenvalue weighted by Crippen LogP contribution is 2.27. The third-order valence-corrected chi connectivity index (χ3v) is 4.01. The van der Waals surface area contributed by atoms with Crippen molar-refractivity contribution in [1.82, 2.24) is 5.32 Å². The van der Waals surface area contributed by atoms with Gasteiger partial charge in [0, 0.05) is 18.7 Å². The van der Waals surface area contributed by atoms with Crippen LogP contribution in [0.1, 0.15) is 40.0 Å². The number of nitrogens with zero attached hydrogens (tertiary/aromatic N) is 1. The number of anilines is 1.